The number of halogens is 1. The van der Waals surface area contributed by atoms with Crippen LogP contribution >= 0.6 is 11.6 Å². The molecule has 0 bridgehead atoms. The third-order valence-corrected chi connectivity index (χ3v) is 4.69. The van der Waals surface area contributed by atoms with E-state index in [1.807, 2.05) is 50.2 Å². The van der Waals surface area contributed by atoms with Crippen LogP contribution in [0.15, 0.2) is 41.3 Å². The Balaban J connectivity index is 2.25. The second kappa shape index (κ2) is 5.76. The van der Waals surface area contributed by atoms with Crippen LogP contribution in [0.25, 0.3) is 0 Å². The molecule has 0 spiro atoms. The Morgan fingerprint density at radius 3 is 2.37 bits per heavy atom. The molecule has 0 fully saturated rings. The summed E-state index contributed by atoms with van der Waals surface area (Å²) in [5.41, 5.74) is 9.52. The molecule has 0 amide bonds. The molecule has 4 heteroatoms. The number of hydrogen-bond acceptors (Lipinski definition) is 2. The van der Waals surface area contributed by atoms with Crippen LogP contribution in [0.2, 0.25) is 5.02 Å². The molecule has 0 saturated heterocycles. The highest BCUT2D eigenvalue weighted by atomic mass is 35.5. The van der Waals surface area contributed by atoms with Crippen LogP contribution in [0.3, 0.4) is 0 Å². The van der Waals surface area contributed by atoms with Gasteiger partial charge < -0.3 is 5.73 Å². The van der Waals surface area contributed by atoms with Crippen molar-refractivity contribution in [2.45, 2.75) is 24.5 Å². The predicted octanol–water partition coefficient (Wildman–Crippen LogP) is 3.85. The molecule has 1 unspecified atom stereocenters. The first kappa shape index (κ1) is 14.1. The maximum atomic E-state index is 12.4. The quantitative estimate of drug-likeness (QED) is 0.874. The van der Waals surface area contributed by atoms with E-state index >= 15 is 0 Å². The molecule has 2 rings (SSSR count). The molecule has 2 N–H and O–H groups in total. The highest BCUT2D eigenvalue weighted by Gasteiger charge is 2.11. The number of nitrogens with two attached hydrogens (primary N) is 1. The van der Waals surface area contributed by atoms with Crippen LogP contribution in [0.5, 0.6) is 0 Å². The van der Waals surface area contributed by atoms with E-state index in [1.165, 1.54) is 0 Å². The van der Waals surface area contributed by atoms with Crippen LogP contribution in [0, 0.1) is 13.8 Å². The number of aryl methyl sites for hydroxylation is 2. The van der Waals surface area contributed by atoms with Gasteiger partial charge in [0.15, 0.2) is 0 Å². The van der Waals surface area contributed by atoms with Gasteiger partial charge in [0.2, 0.25) is 0 Å². The van der Waals surface area contributed by atoms with E-state index in [2.05, 4.69) is 0 Å². The monoisotopic (exact) mass is 293 g/mol. The second-order valence-electron chi connectivity index (χ2n) is 4.63. The molecule has 1 atom stereocenters. The van der Waals surface area contributed by atoms with Crippen LogP contribution in [0.4, 0.5) is 5.69 Å². The Morgan fingerprint density at radius 1 is 1.11 bits per heavy atom. The molecule has 19 heavy (non-hydrogen) atoms. The minimum absolute atomic E-state index is 0.381. The molecule has 2 nitrogen and oxygen atoms in total. The summed E-state index contributed by atoms with van der Waals surface area (Å²) in [6, 6.07) is 11.3. The van der Waals surface area contributed by atoms with E-state index in [0.29, 0.717) is 21.4 Å². The van der Waals surface area contributed by atoms with Gasteiger partial charge in [0.25, 0.3) is 0 Å². The van der Waals surface area contributed by atoms with Gasteiger partial charge in [0.1, 0.15) is 0 Å². The third kappa shape index (κ3) is 3.37. The molecule has 0 aliphatic rings. The van der Waals surface area contributed by atoms with Gasteiger partial charge >= 0.3 is 0 Å². The van der Waals surface area contributed by atoms with Crippen molar-refractivity contribution in [1.29, 1.82) is 0 Å². The van der Waals surface area contributed by atoms with Crippen molar-refractivity contribution in [1.82, 2.24) is 0 Å². The van der Waals surface area contributed by atoms with Gasteiger partial charge in [-0.15, -0.1) is 0 Å². The Kier molecular flexibility index (Phi) is 4.27. The molecular weight excluding hydrogens is 278 g/mol. The molecule has 0 heterocycles. The van der Waals surface area contributed by atoms with Gasteiger partial charge in [-0.25, -0.2) is 0 Å². The summed E-state index contributed by atoms with van der Waals surface area (Å²) in [7, 11) is -1.18. The van der Waals surface area contributed by atoms with E-state index in [1.54, 1.807) is 0 Å². The maximum absolute atomic E-state index is 12.4. The van der Waals surface area contributed by atoms with Gasteiger partial charge in [-0.05, 0) is 48.7 Å². The molecule has 2 aromatic rings. The first-order chi connectivity index (χ1) is 8.97. The van der Waals surface area contributed by atoms with Crippen LogP contribution in [0.1, 0.15) is 16.7 Å². The number of benzene rings is 2. The summed E-state index contributed by atoms with van der Waals surface area (Å²) in [5.74, 6) is 0.381. The molecule has 0 saturated carbocycles. The minimum Gasteiger partial charge on any atom is -0.398 e. The van der Waals surface area contributed by atoms with Gasteiger partial charge in [-0.2, -0.15) is 0 Å². The van der Waals surface area contributed by atoms with E-state index in [0.717, 1.165) is 16.7 Å². The molecule has 0 aromatic heterocycles. The third-order valence-electron chi connectivity index (χ3n) is 2.91. The molecule has 2 aromatic carbocycles. The van der Waals surface area contributed by atoms with Crippen molar-refractivity contribution in [3.8, 4) is 0 Å². The van der Waals surface area contributed by atoms with Crippen molar-refractivity contribution >= 4 is 28.1 Å². The minimum atomic E-state index is -1.18. The summed E-state index contributed by atoms with van der Waals surface area (Å²) in [4.78, 5) is 0.669. The van der Waals surface area contributed by atoms with Crippen molar-refractivity contribution < 1.29 is 4.21 Å². The largest absolute Gasteiger partial charge is 0.398 e. The van der Waals surface area contributed by atoms with Crippen molar-refractivity contribution in [2.75, 3.05) is 5.73 Å². The topological polar surface area (TPSA) is 43.1 Å². The van der Waals surface area contributed by atoms with E-state index < -0.39 is 10.8 Å². The smallest absolute Gasteiger partial charge is 0.0621 e. The summed E-state index contributed by atoms with van der Waals surface area (Å²) in [6.45, 7) is 3.94. The highest BCUT2D eigenvalue weighted by Crippen LogP contribution is 2.24. The lowest BCUT2D eigenvalue weighted by atomic mass is 10.2. The fraction of sp³-hybridized carbons (Fsp3) is 0.200. The Morgan fingerprint density at radius 2 is 1.74 bits per heavy atom. The first-order valence-corrected chi connectivity index (χ1v) is 7.66. The summed E-state index contributed by atoms with van der Waals surface area (Å²) >= 11 is 6.16. The Hall–Kier alpha value is -1.32. The lowest BCUT2D eigenvalue weighted by molar-refractivity contribution is 0.683. The zero-order chi connectivity index (χ0) is 14.0. The fourth-order valence-electron chi connectivity index (χ4n) is 1.86. The zero-order valence-corrected chi connectivity index (χ0v) is 12.5. The number of anilines is 1. The fourth-order valence-corrected chi connectivity index (χ4v) is 3.48. The average Bonchev–Trinajstić information content (AvgIpc) is 2.32. The molecular formula is C15H16ClNOS. The summed E-state index contributed by atoms with van der Waals surface area (Å²) in [5, 5.41) is 0.652. The lowest BCUT2D eigenvalue weighted by Gasteiger charge is -2.08. The van der Waals surface area contributed by atoms with E-state index in [-0.39, 0.29) is 0 Å². The van der Waals surface area contributed by atoms with Crippen LogP contribution in [-0.2, 0) is 16.6 Å². The Labute approximate surface area is 121 Å². The SMILES string of the molecule is Cc1ccc(S(=O)Cc2ccc(C)cc2Cl)c(N)c1. The first-order valence-electron chi connectivity index (χ1n) is 5.97. The van der Waals surface area contributed by atoms with Crippen LogP contribution in [-0.4, -0.2) is 4.21 Å². The number of nitrogen functional groups attached to an aromatic ring is 1. The van der Waals surface area contributed by atoms with E-state index in [4.69, 9.17) is 17.3 Å². The zero-order valence-electron chi connectivity index (χ0n) is 10.9. The normalized spacial score (nSPS) is 12.4. The predicted molar refractivity (Wildman–Crippen MR) is 81.9 cm³/mol. The maximum Gasteiger partial charge on any atom is 0.0621 e. The lowest BCUT2D eigenvalue weighted by Crippen LogP contribution is -2.02. The van der Waals surface area contributed by atoms with Crippen molar-refractivity contribution in [2.24, 2.45) is 0 Å². The molecule has 0 radical (unpaired) electrons. The number of rotatable bonds is 3. The van der Waals surface area contributed by atoms with Gasteiger partial charge in [0, 0.05) is 10.7 Å². The Bertz CT molecular complexity index is 640. The van der Waals surface area contributed by atoms with Gasteiger partial charge in [-0.1, -0.05) is 29.8 Å². The summed E-state index contributed by atoms with van der Waals surface area (Å²) < 4.78 is 12.4. The standard InChI is InChI=1S/C15H16ClNOS/c1-10-3-5-12(13(16)7-10)9-19(18)15-6-4-11(2)8-14(15)17/h3-8H,9,17H2,1-2H3. The highest BCUT2D eigenvalue weighted by molar-refractivity contribution is 7.84. The second-order valence-corrected chi connectivity index (χ2v) is 6.45. The van der Waals surface area contributed by atoms with Gasteiger partial charge in [-0.3, -0.25) is 4.21 Å². The van der Waals surface area contributed by atoms with Crippen molar-refractivity contribution in [3.63, 3.8) is 0 Å². The van der Waals surface area contributed by atoms with E-state index in [9.17, 15) is 4.21 Å². The average molecular weight is 294 g/mol. The number of hydrogen-bond donors (Lipinski definition) is 1. The van der Waals surface area contributed by atoms with Crippen molar-refractivity contribution in [3.05, 3.63) is 58.1 Å². The van der Waals surface area contributed by atoms with Crippen LogP contribution < -0.4 is 5.73 Å². The molecule has 100 valence electrons. The molecule has 0 aliphatic heterocycles. The van der Waals surface area contributed by atoms with Gasteiger partial charge in [0.05, 0.1) is 21.4 Å². The molecule has 0 aliphatic carbocycles. The summed E-state index contributed by atoms with van der Waals surface area (Å²) in [6.07, 6.45) is 0.